The highest BCUT2D eigenvalue weighted by Gasteiger charge is 2.36. The Morgan fingerprint density at radius 1 is 0.720 bits per heavy atom. The van der Waals surface area contributed by atoms with E-state index in [1.165, 1.54) is 29.9 Å². The maximum absolute atomic E-state index is 12.5. The molecule has 0 aromatic heterocycles. The summed E-state index contributed by atoms with van der Waals surface area (Å²) in [5.74, 6) is 3.99. The number of rotatable bonds is 5. The lowest BCUT2D eigenvalue weighted by molar-refractivity contribution is -0.385. The molecule has 0 unspecified atom stereocenters. The number of hydrogen-bond donors (Lipinski definition) is 0. The van der Waals surface area contributed by atoms with Crippen molar-refractivity contribution in [3.05, 3.63) is 98.1 Å². The Kier molecular flexibility index (Phi) is 9.19. The fraction of sp³-hybridized carbons (Fsp3) is 0.385. The van der Waals surface area contributed by atoms with Crippen LogP contribution in [0.25, 0.3) is 0 Å². The molecule has 8 rings (SSSR count). The first kappa shape index (κ1) is 33.5. The largest absolute Gasteiger partial charge is 0.493 e. The van der Waals surface area contributed by atoms with E-state index in [1.807, 2.05) is 25.2 Å². The van der Waals surface area contributed by atoms with Gasteiger partial charge in [-0.25, -0.2) is 0 Å². The van der Waals surface area contributed by atoms with Crippen molar-refractivity contribution < 1.29 is 33.3 Å². The Balaban J connectivity index is 1.48. The van der Waals surface area contributed by atoms with Gasteiger partial charge in [-0.05, 0) is 105 Å². The van der Waals surface area contributed by atoms with Crippen LogP contribution in [0.5, 0.6) is 46.0 Å². The van der Waals surface area contributed by atoms with Gasteiger partial charge >= 0.3 is 0 Å². The van der Waals surface area contributed by atoms with E-state index in [2.05, 4.69) is 41.1 Å². The van der Waals surface area contributed by atoms with Crippen molar-refractivity contribution >= 4 is 5.69 Å². The van der Waals surface area contributed by atoms with E-state index in [0.29, 0.717) is 52.2 Å². The third-order valence-electron chi connectivity index (χ3n) is 10.4. The number of ether oxygens (including phenoxy) is 6. The lowest BCUT2D eigenvalue weighted by Gasteiger charge is -2.37. The van der Waals surface area contributed by atoms with Crippen molar-refractivity contribution in [1.29, 1.82) is 0 Å². The van der Waals surface area contributed by atoms with E-state index in [-0.39, 0.29) is 28.4 Å². The highest BCUT2D eigenvalue weighted by Crippen LogP contribution is 2.52. The van der Waals surface area contributed by atoms with Crippen LogP contribution in [-0.4, -0.2) is 70.3 Å². The number of fused-ring (bicyclic) bond motifs is 3. The molecule has 2 atom stereocenters. The zero-order valence-corrected chi connectivity index (χ0v) is 29.4. The van der Waals surface area contributed by atoms with E-state index < -0.39 is 0 Å². The summed E-state index contributed by atoms with van der Waals surface area (Å²) in [5, 5.41) is 12.5. The van der Waals surface area contributed by atoms with Crippen molar-refractivity contribution in [2.24, 2.45) is 0 Å². The van der Waals surface area contributed by atoms with Crippen LogP contribution in [0.3, 0.4) is 0 Å². The molecular formula is C39H43N3O8. The summed E-state index contributed by atoms with van der Waals surface area (Å²) in [6, 6.07) is 17.3. The Bertz CT molecular complexity index is 1930. The molecule has 0 amide bonds. The van der Waals surface area contributed by atoms with E-state index in [4.69, 9.17) is 28.4 Å². The van der Waals surface area contributed by atoms with Gasteiger partial charge in [-0.2, -0.15) is 0 Å². The molecule has 11 nitrogen and oxygen atoms in total. The normalized spacial score (nSPS) is 18.8. The number of hydrogen-bond acceptors (Lipinski definition) is 10. The zero-order chi connectivity index (χ0) is 35.1. The van der Waals surface area contributed by atoms with Gasteiger partial charge in [-0.3, -0.25) is 19.9 Å². The van der Waals surface area contributed by atoms with E-state index in [1.54, 1.807) is 27.4 Å². The number of aryl methyl sites for hydroxylation is 1. The van der Waals surface area contributed by atoms with Crippen LogP contribution in [0.1, 0.15) is 51.9 Å². The summed E-state index contributed by atoms with van der Waals surface area (Å²) in [6.07, 6.45) is 3.67. The van der Waals surface area contributed by atoms with Crippen LogP contribution in [0.4, 0.5) is 5.69 Å². The van der Waals surface area contributed by atoms with E-state index in [9.17, 15) is 10.1 Å². The molecule has 0 N–H and O–H groups in total. The van der Waals surface area contributed by atoms with Gasteiger partial charge in [0.1, 0.15) is 5.75 Å². The van der Waals surface area contributed by atoms with Gasteiger partial charge in [0.2, 0.25) is 5.75 Å². The smallest absolute Gasteiger partial charge is 0.276 e. The molecule has 6 bridgehead atoms. The summed E-state index contributed by atoms with van der Waals surface area (Å²) in [7, 11) is 10.6. The zero-order valence-electron chi connectivity index (χ0n) is 29.4. The Hall–Kier alpha value is -5.00. The summed E-state index contributed by atoms with van der Waals surface area (Å²) in [5.41, 5.74) is 5.98. The van der Waals surface area contributed by atoms with Gasteiger partial charge < -0.3 is 28.4 Å². The van der Waals surface area contributed by atoms with Gasteiger partial charge in [-0.1, -0.05) is 12.1 Å². The molecule has 4 heterocycles. The van der Waals surface area contributed by atoms with Gasteiger partial charge in [0.15, 0.2) is 34.5 Å². The fourth-order valence-corrected chi connectivity index (χ4v) is 7.72. The molecule has 0 fully saturated rings. The lowest BCUT2D eigenvalue weighted by atomic mass is 9.87. The van der Waals surface area contributed by atoms with Gasteiger partial charge in [-0.15, -0.1) is 0 Å². The molecule has 0 spiro atoms. The van der Waals surface area contributed by atoms with Crippen LogP contribution in [0.15, 0.2) is 54.6 Å². The highest BCUT2D eigenvalue weighted by atomic mass is 16.6. The topological polar surface area (TPSA) is 105 Å². The maximum atomic E-state index is 12.5. The molecule has 262 valence electrons. The summed E-state index contributed by atoms with van der Waals surface area (Å²) < 4.78 is 36.8. The Morgan fingerprint density at radius 2 is 1.36 bits per heavy atom. The quantitative estimate of drug-likeness (QED) is 0.156. The number of likely N-dealkylation sites (N-methyl/N-ethyl adjacent to an activating group) is 2. The first-order chi connectivity index (χ1) is 24.2. The maximum Gasteiger partial charge on any atom is 0.276 e. The number of nitrogens with zero attached hydrogens (tertiary/aromatic N) is 3. The second-order valence-corrected chi connectivity index (χ2v) is 13.2. The van der Waals surface area contributed by atoms with Gasteiger partial charge in [0, 0.05) is 36.3 Å². The molecule has 4 aliphatic heterocycles. The molecule has 11 heteroatoms. The fourth-order valence-electron chi connectivity index (χ4n) is 7.72. The van der Waals surface area contributed by atoms with Gasteiger partial charge in [0.25, 0.3) is 5.69 Å². The second-order valence-electron chi connectivity index (χ2n) is 13.2. The third kappa shape index (κ3) is 6.05. The Morgan fingerprint density at radius 3 is 2.04 bits per heavy atom. The van der Waals surface area contributed by atoms with Gasteiger partial charge in [0.05, 0.1) is 39.4 Å². The van der Waals surface area contributed by atoms with Crippen LogP contribution in [0, 0.1) is 10.1 Å². The van der Waals surface area contributed by atoms with Crippen molar-refractivity contribution in [1.82, 2.24) is 9.80 Å². The molecule has 4 aliphatic rings. The molecule has 4 aromatic rings. The summed E-state index contributed by atoms with van der Waals surface area (Å²) in [4.78, 5) is 16.8. The SMILES string of the molecule is COc1cc([N+](=O)[O-])c2cc1Oc1ccc(cc1)CC[C@H]1c3cc(c(OC)cc3CCN1C)Oc1c(OC)c(OC)cc3c1[C@H](C2)N(C)CC3. The third-order valence-corrected chi connectivity index (χ3v) is 10.4. The van der Waals surface area contributed by atoms with Crippen molar-refractivity contribution in [2.75, 3.05) is 55.6 Å². The molecule has 50 heavy (non-hydrogen) atoms. The van der Waals surface area contributed by atoms with Crippen molar-refractivity contribution in [2.45, 2.75) is 44.2 Å². The number of benzene rings is 4. The first-order valence-electron chi connectivity index (χ1n) is 16.9. The molecule has 0 saturated heterocycles. The predicted octanol–water partition coefficient (Wildman–Crippen LogP) is 7.46. The number of nitro groups is 1. The molecule has 0 saturated carbocycles. The second kappa shape index (κ2) is 13.7. The van der Waals surface area contributed by atoms with Crippen LogP contribution in [0.2, 0.25) is 0 Å². The average Bonchev–Trinajstić information content (AvgIpc) is 3.12. The van der Waals surface area contributed by atoms with Crippen LogP contribution >= 0.6 is 0 Å². The minimum atomic E-state index is -0.368. The standard InChI is InChI=1S/C39H43N3O8/c1-40-15-13-24-18-32(45-3)35-21-28(24)29(40)12-9-23-7-10-27(11-8-23)49-34-20-26(30(42(43)44)22-33(34)46-4)17-31-37-25(14-16-41(31)2)19-36(47-5)38(48-6)39(37)50-35/h7-8,10-11,18-22,29,31H,9,12-17H2,1-6H3/t29-,31-/m0/s1. The van der Waals surface area contributed by atoms with Crippen LogP contribution < -0.4 is 28.4 Å². The number of nitro benzene ring substituents is 1. The van der Waals surface area contributed by atoms with Crippen LogP contribution in [-0.2, 0) is 25.7 Å². The Labute approximate surface area is 292 Å². The highest BCUT2D eigenvalue weighted by molar-refractivity contribution is 5.64. The summed E-state index contributed by atoms with van der Waals surface area (Å²) >= 11 is 0. The molecule has 0 radical (unpaired) electrons. The number of methoxy groups -OCH3 is 4. The van der Waals surface area contributed by atoms with Crippen molar-refractivity contribution in [3.63, 3.8) is 0 Å². The minimum absolute atomic E-state index is 0.0505. The van der Waals surface area contributed by atoms with Crippen molar-refractivity contribution in [3.8, 4) is 46.0 Å². The minimum Gasteiger partial charge on any atom is -0.493 e. The monoisotopic (exact) mass is 681 g/mol. The predicted molar refractivity (Wildman–Crippen MR) is 189 cm³/mol. The lowest BCUT2D eigenvalue weighted by Crippen LogP contribution is -2.34. The first-order valence-corrected chi connectivity index (χ1v) is 16.9. The molecular weight excluding hydrogens is 638 g/mol. The molecule has 0 aliphatic carbocycles. The molecule has 4 aromatic carbocycles. The van der Waals surface area contributed by atoms with E-state index in [0.717, 1.165) is 49.9 Å². The summed E-state index contributed by atoms with van der Waals surface area (Å²) in [6.45, 7) is 1.66. The van der Waals surface area contributed by atoms with E-state index >= 15 is 0 Å². The average molecular weight is 682 g/mol.